The molecule has 0 saturated carbocycles. The first kappa shape index (κ1) is 29.3. The quantitative estimate of drug-likeness (QED) is 0.263. The van der Waals surface area contributed by atoms with E-state index in [4.69, 9.17) is 25.1 Å². The van der Waals surface area contributed by atoms with Crippen LogP contribution < -0.4 is 15.5 Å². The first-order valence-corrected chi connectivity index (χ1v) is 13.8. The monoisotopic (exact) mass is 579 g/mol. The van der Waals surface area contributed by atoms with Crippen LogP contribution in [-0.2, 0) is 4.74 Å². The van der Waals surface area contributed by atoms with Crippen LogP contribution in [0.1, 0.15) is 21.8 Å². The summed E-state index contributed by atoms with van der Waals surface area (Å²) in [5.74, 6) is 0.834. The Bertz CT molecular complexity index is 1650. The molecule has 1 unspecified atom stereocenters. The molecule has 0 aliphatic carbocycles. The van der Waals surface area contributed by atoms with Gasteiger partial charge in [0.15, 0.2) is 11.6 Å². The summed E-state index contributed by atoms with van der Waals surface area (Å²) in [5, 5.41) is 13.4. The van der Waals surface area contributed by atoms with E-state index in [9.17, 15) is 9.59 Å². The van der Waals surface area contributed by atoms with E-state index in [1.165, 1.54) is 11.1 Å². The summed E-state index contributed by atoms with van der Waals surface area (Å²) in [4.78, 5) is 46.9. The summed E-state index contributed by atoms with van der Waals surface area (Å²) in [6, 6.07) is 15.5. The molecule has 1 aliphatic rings. The van der Waals surface area contributed by atoms with Crippen LogP contribution in [0.4, 0.5) is 22.0 Å². The van der Waals surface area contributed by atoms with Crippen molar-refractivity contribution in [1.82, 2.24) is 19.9 Å². The Hall–Kier alpha value is -5.23. The van der Waals surface area contributed by atoms with E-state index in [0.29, 0.717) is 60.1 Å². The van der Waals surface area contributed by atoms with Gasteiger partial charge in [-0.3, -0.25) is 14.8 Å². The number of carbonyl (C=O) groups is 2. The van der Waals surface area contributed by atoms with Gasteiger partial charge in [0.2, 0.25) is 0 Å². The molecular weight excluding hydrogens is 546 g/mol. The second kappa shape index (κ2) is 13.2. The Morgan fingerprint density at radius 3 is 2.28 bits per heavy atom. The second-order valence-corrected chi connectivity index (χ2v) is 10.1. The average Bonchev–Trinajstić information content (AvgIpc) is 3.03. The number of aromatic nitrogens is 3. The molecule has 5 rings (SSSR count). The highest BCUT2D eigenvalue weighted by atomic mass is 16.5. The Balaban J connectivity index is 1.37. The van der Waals surface area contributed by atoms with E-state index in [-0.39, 0.29) is 11.8 Å². The summed E-state index contributed by atoms with van der Waals surface area (Å²) < 4.78 is 5.55. The van der Waals surface area contributed by atoms with Crippen LogP contribution in [0, 0.1) is 5.41 Å². The van der Waals surface area contributed by atoms with Crippen LogP contribution in [0.5, 0.6) is 0 Å². The first-order chi connectivity index (χ1) is 20.9. The fourth-order valence-corrected chi connectivity index (χ4v) is 4.66. The fourth-order valence-electron chi connectivity index (χ4n) is 4.66. The molecule has 1 saturated heterocycles. The highest BCUT2D eigenvalue weighted by molar-refractivity contribution is 6.00. The van der Waals surface area contributed by atoms with Gasteiger partial charge in [-0.25, -0.2) is 14.8 Å². The minimum Gasteiger partial charge on any atom is -0.378 e. The van der Waals surface area contributed by atoms with E-state index >= 15 is 0 Å². The Kier molecular flexibility index (Phi) is 8.96. The molecule has 12 heteroatoms. The molecule has 0 radical (unpaired) electrons. The zero-order chi connectivity index (χ0) is 30.3. The van der Waals surface area contributed by atoms with Gasteiger partial charge in [0.1, 0.15) is 5.52 Å². The molecule has 1 atom stereocenters. The summed E-state index contributed by atoms with van der Waals surface area (Å²) in [6.45, 7) is 2.57. The normalized spacial score (nSPS) is 14.0. The van der Waals surface area contributed by atoms with Crippen LogP contribution >= 0.6 is 0 Å². The summed E-state index contributed by atoms with van der Waals surface area (Å²) in [5.41, 5.74) is 4.62. The van der Waals surface area contributed by atoms with Gasteiger partial charge in [0, 0.05) is 75.4 Å². The molecule has 3 heterocycles. The van der Waals surface area contributed by atoms with Gasteiger partial charge in [-0.05, 0) is 60.2 Å². The average molecular weight is 580 g/mol. The lowest BCUT2D eigenvalue weighted by Gasteiger charge is -2.28. The number of anilines is 3. The third-order valence-corrected chi connectivity index (χ3v) is 6.92. The molecule has 2 aromatic heterocycles. The SMILES string of the molecule is CN=CC(C=N)c1cnc2c(N3CCOCC3)nc(-c3ccc(NC(=O)Nc4ccc(C(=O)N(C)C)cc4)cc3)nc2c1. The molecule has 12 nitrogen and oxygen atoms in total. The van der Waals surface area contributed by atoms with Gasteiger partial charge in [0.05, 0.1) is 24.6 Å². The van der Waals surface area contributed by atoms with Crippen molar-refractivity contribution < 1.29 is 14.3 Å². The molecule has 220 valence electrons. The van der Waals surface area contributed by atoms with Crippen LogP contribution in [0.25, 0.3) is 22.4 Å². The lowest BCUT2D eigenvalue weighted by atomic mass is 10.0. The number of hydrogen-bond donors (Lipinski definition) is 3. The minimum absolute atomic E-state index is 0.109. The summed E-state index contributed by atoms with van der Waals surface area (Å²) in [6.07, 6.45) is 4.77. The van der Waals surface area contributed by atoms with Gasteiger partial charge in [-0.2, -0.15) is 0 Å². The number of hydrogen-bond acceptors (Lipinski definition) is 9. The van der Waals surface area contributed by atoms with Gasteiger partial charge in [-0.15, -0.1) is 0 Å². The van der Waals surface area contributed by atoms with Crippen molar-refractivity contribution in [3.63, 3.8) is 0 Å². The predicted molar refractivity (Wildman–Crippen MR) is 169 cm³/mol. The van der Waals surface area contributed by atoms with Crippen molar-refractivity contribution in [2.75, 3.05) is 63.0 Å². The van der Waals surface area contributed by atoms with Gasteiger partial charge >= 0.3 is 6.03 Å². The number of pyridine rings is 1. The number of carbonyl (C=O) groups excluding carboxylic acids is 2. The maximum Gasteiger partial charge on any atom is 0.323 e. The number of urea groups is 1. The lowest BCUT2D eigenvalue weighted by molar-refractivity contribution is 0.0827. The number of nitrogens with one attached hydrogen (secondary N) is 3. The maximum absolute atomic E-state index is 12.6. The Morgan fingerprint density at radius 2 is 1.67 bits per heavy atom. The maximum atomic E-state index is 12.6. The number of fused-ring (bicyclic) bond motifs is 1. The zero-order valence-corrected chi connectivity index (χ0v) is 24.2. The van der Waals surface area contributed by atoms with Crippen LogP contribution in [0.15, 0.2) is 65.8 Å². The standard InChI is InChI=1S/C31H33N9O3/c1-33-18-23(17-32)22-16-26-27(34-19-22)29(40-12-14-43-15-13-40)38-28(37-26)20-4-8-24(9-5-20)35-31(42)36-25-10-6-21(7-11-25)30(41)39(2)3/h4-11,16-19,23,32H,12-15H2,1-3H3,(H2,35,36,42). The highest BCUT2D eigenvalue weighted by Crippen LogP contribution is 2.29. The predicted octanol–water partition coefficient (Wildman–Crippen LogP) is 4.31. The number of aliphatic imine (C=N–C) groups is 1. The zero-order valence-electron chi connectivity index (χ0n) is 24.2. The number of rotatable bonds is 8. The van der Waals surface area contributed by atoms with Crippen LogP contribution in [-0.4, -0.2) is 91.7 Å². The van der Waals surface area contributed by atoms with Gasteiger partial charge in [-0.1, -0.05) is 0 Å². The van der Waals surface area contributed by atoms with Crippen molar-refractivity contribution in [2.24, 2.45) is 4.99 Å². The molecule has 3 amide bonds. The second-order valence-electron chi connectivity index (χ2n) is 10.1. The van der Waals surface area contributed by atoms with Crippen molar-refractivity contribution >= 4 is 52.6 Å². The van der Waals surface area contributed by atoms with Crippen molar-refractivity contribution in [1.29, 1.82) is 5.41 Å². The molecular formula is C31H33N9O3. The smallest absolute Gasteiger partial charge is 0.323 e. The highest BCUT2D eigenvalue weighted by Gasteiger charge is 2.20. The molecule has 43 heavy (non-hydrogen) atoms. The molecule has 3 N–H and O–H groups in total. The van der Waals surface area contributed by atoms with E-state index in [1.807, 2.05) is 18.2 Å². The number of benzene rings is 2. The molecule has 0 bridgehead atoms. The third-order valence-electron chi connectivity index (χ3n) is 6.92. The topological polar surface area (TPSA) is 149 Å². The number of nitrogens with zero attached hydrogens (tertiary/aromatic N) is 6. The van der Waals surface area contributed by atoms with Crippen molar-refractivity contribution in [3.05, 3.63) is 71.9 Å². The van der Waals surface area contributed by atoms with Crippen molar-refractivity contribution in [2.45, 2.75) is 5.92 Å². The number of amides is 3. The van der Waals surface area contributed by atoms with E-state index in [1.54, 1.807) is 70.0 Å². The lowest BCUT2D eigenvalue weighted by Crippen LogP contribution is -2.37. The molecule has 2 aromatic carbocycles. The third kappa shape index (κ3) is 6.81. The number of morpholine rings is 1. The fraction of sp³-hybridized carbons (Fsp3) is 0.258. The van der Waals surface area contributed by atoms with Gasteiger partial charge < -0.3 is 30.6 Å². The van der Waals surface area contributed by atoms with Crippen LogP contribution in [0.2, 0.25) is 0 Å². The minimum atomic E-state index is -0.411. The van der Waals surface area contributed by atoms with E-state index < -0.39 is 6.03 Å². The Morgan fingerprint density at radius 1 is 1.02 bits per heavy atom. The van der Waals surface area contributed by atoms with Gasteiger partial charge in [0.25, 0.3) is 5.91 Å². The molecule has 0 spiro atoms. The Labute approximate surface area is 249 Å². The van der Waals surface area contributed by atoms with E-state index in [0.717, 1.165) is 16.9 Å². The molecule has 1 aliphatic heterocycles. The van der Waals surface area contributed by atoms with E-state index in [2.05, 4.69) is 20.5 Å². The van der Waals surface area contributed by atoms with Crippen molar-refractivity contribution in [3.8, 4) is 11.4 Å². The largest absolute Gasteiger partial charge is 0.378 e. The summed E-state index contributed by atoms with van der Waals surface area (Å²) in [7, 11) is 5.05. The summed E-state index contributed by atoms with van der Waals surface area (Å²) >= 11 is 0. The number of ether oxygens (including phenoxy) is 1. The molecule has 4 aromatic rings. The molecule has 1 fully saturated rings. The first-order valence-electron chi connectivity index (χ1n) is 13.8. The van der Waals surface area contributed by atoms with Crippen LogP contribution in [0.3, 0.4) is 0 Å².